The zero-order chi connectivity index (χ0) is 35.9. The quantitative estimate of drug-likeness (QED) is 0.170. The van der Waals surface area contributed by atoms with E-state index in [9.17, 15) is 0 Å². The van der Waals surface area contributed by atoms with Crippen LogP contribution in [-0.2, 0) is 0 Å². The standard InChI is InChI=1S/C50H36BN3/c1-33-20-25-38(26-21-33)53-45-29-22-34(2)30-42(45)51-43-31-41-40-16-9-10-17-44(40)52(37-14-7-4-8-15-37)48(41)32-49(43)54(47-19-11-18-46(53)50(47)51)39-27-23-36(24-28-39)35-12-5-3-6-13-35/h3-32H,1-2H3. The van der Waals surface area contributed by atoms with Crippen LogP contribution in [0.2, 0.25) is 0 Å². The molecule has 54 heavy (non-hydrogen) atoms. The lowest BCUT2D eigenvalue weighted by Crippen LogP contribution is -2.61. The summed E-state index contributed by atoms with van der Waals surface area (Å²) in [5, 5.41) is 2.53. The first-order chi connectivity index (χ1) is 26.6. The average Bonchev–Trinajstić information content (AvgIpc) is 3.54. The molecule has 0 unspecified atom stereocenters. The second-order valence-electron chi connectivity index (χ2n) is 14.7. The van der Waals surface area contributed by atoms with Gasteiger partial charge < -0.3 is 14.4 Å². The van der Waals surface area contributed by atoms with Crippen molar-refractivity contribution in [2.45, 2.75) is 13.8 Å². The topological polar surface area (TPSA) is 11.4 Å². The fourth-order valence-corrected chi connectivity index (χ4v) is 9.06. The van der Waals surface area contributed by atoms with Gasteiger partial charge in [0.25, 0.3) is 6.71 Å². The van der Waals surface area contributed by atoms with Crippen molar-refractivity contribution >= 4 is 79.0 Å². The third kappa shape index (κ3) is 4.56. The molecule has 8 aromatic carbocycles. The van der Waals surface area contributed by atoms with Gasteiger partial charge in [0, 0.05) is 50.6 Å². The van der Waals surface area contributed by atoms with E-state index in [2.05, 4.69) is 210 Å². The van der Waals surface area contributed by atoms with Gasteiger partial charge in [-0.1, -0.05) is 126 Å². The molecule has 3 nitrogen and oxygen atoms in total. The van der Waals surface area contributed by atoms with Gasteiger partial charge in [-0.15, -0.1) is 0 Å². The molecular weight excluding hydrogens is 653 g/mol. The normalized spacial score (nSPS) is 12.9. The molecule has 2 aliphatic heterocycles. The molecule has 9 aromatic rings. The number of aromatic nitrogens is 1. The van der Waals surface area contributed by atoms with Crippen LogP contribution in [0.1, 0.15) is 11.1 Å². The van der Waals surface area contributed by atoms with E-state index in [1.807, 2.05) is 0 Å². The molecule has 0 saturated heterocycles. The Kier molecular flexibility index (Phi) is 6.78. The first-order valence-corrected chi connectivity index (χ1v) is 18.8. The molecule has 0 spiro atoms. The van der Waals surface area contributed by atoms with E-state index >= 15 is 0 Å². The van der Waals surface area contributed by atoms with Gasteiger partial charge in [-0.3, -0.25) is 0 Å². The Hall–Kier alpha value is -6.78. The second-order valence-corrected chi connectivity index (χ2v) is 14.7. The highest BCUT2D eigenvalue weighted by Gasteiger charge is 2.43. The van der Waals surface area contributed by atoms with Gasteiger partial charge in [0.15, 0.2) is 0 Å². The maximum atomic E-state index is 2.51. The predicted octanol–water partition coefficient (Wildman–Crippen LogP) is 11.2. The summed E-state index contributed by atoms with van der Waals surface area (Å²) in [6.07, 6.45) is 0. The highest BCUT2D eigenvalue weighted by Crippen LogP contribution is 2.46. The van der Waals surface area contributed by atoms with Gasteiger partial charge in [0.1, 0.15) is 0 Å². The van der Waals surface area contributed by atoms with Crippen LogP contribution in [0.3, 0.4) is 0 Å². The highest BCUT2D eigenvalue weighted by atomic mass is 15.2. The minimum atomic E-state index is 0.0471. The number of para-hydroxylation sites is 2. The van der Waals surface area contributed by atoms with Crippen LogP contribution < -0.4 is 26.2 Å². The summed E-state index contributed by atoms with van der Waals surface area (Å²) in [7, 11) is 0. The summed E-state index contributed by atoms with van der Waals surface area (Å²) in [4.78, 5) is 4.99. The van der Waals surface area contributed by atoms with Crippen LogP contribution in [0.5, 0.6) is 0 Å². The van der Waals surface area contributed by atoms with Crippen LogP contribution in [0.15, 0.2) is 182 Å². The smallest absolute Gasteiger partial charge is 0.252 e. The number of fused-ring (bicyclic) bond motifs is 7. The average molecular weight is 690 g/mol. The third-order valence-electron chi connectivity index (χ3n) is 11.5. The number of rotatable bonds is 4. The van der Waals surface area contributed by atoms with E-state index in [0.717, 1.165) is 11.4 Å². The Morgan fingerprint density at radius 1 is 0.370 bits per heavy atom. The fraction of sp³-hybridized carbons (Fsp3) is 0.0400. The van der Waals surface area contributed by atoms with Gasteiger partial charge in [-0.05, 0) is 108 Å². The second kappa shape index (κ2) is 11.9. The zero-order valence-corrected chi connectivity index (χ0v) is 30.2. The van der Waals surface area contributed by atoms with Crippen LogP contribution in [0.25, 0.3) is 38.6 Å². The van der Waals surface area contributed by atoms with Gasteiger partial charge in [0.05, 0.1) is 11.0 Å². The lowest BCUT2D eigenvalue weighted by atomic mass is 9.33. The first kappa shape index (κ1) is 30.8. The van der Waals surface area contributed by atoms with Crippen molar-refractivity contribution in [2.75, 3.05) is 9.80 Å². The van der Waals surface area contributed by atoms with Crippen molar-refractivity contribution in [3.05, 3.63) is 193 Å². The van der Waals surface area contributed by atoms with Gasteiger partial charge in [0.2, 0.25) is 0 Å². The molecule has 0 atom stereocenters. The van der Waals surface area contributed by atoms with Crippen LogP contribution in [0, 0.1) is 13.8 Å². The molecule has 0 aliphatic carbocycles. The molecule has 0 fully saturated rings. The minimum absolute atomic E-state index is 0.0471. The van der Waals surface area contributed by atoms with E-state index in [0.29, 0.717) is 0 Å². The summed E-state index contributed by atoms with van der Waals surface area (Å²) < 4.78 is 2.44. The maximum absolute atomic E-state index is 2.51. The molecule has 1 aromatic heterocycles. The molecule has 0 bridgehead atoms. The largest absolute Gasteiger partial charge is 0.311 e. The monoisotopic (exact) mass is 689 g/mol. The Bertz CT molecular complexity index is 2890. The van der Waals surface area contributed by atoms with Crippen molar-refractivity contribution in [1.82, 2.24) is 4.57 Å². The summed E-state index contributed by atoms with van der Waals surface area (Å²) in [6, 6.07) is 67.3. The Labute approximate surface area is 316 Å². The number of aryl methyl sites for hydroxylation is 2. The molecule has 0 amide bonds. The van der Waals surface area contributed by atoms with Gasteiger partial charge in [-0.25, -0.2) is 0 Å². The lowest BCUT2D eigenvalue weighted by molar-refractivity contribution is 1.18. The first-order valence-electron chi connectivity index (χ1n) is 18.8. The minimum Gasteiger partial charge on any atom is -0.311 e. The van der Waals surface area contributed by atoms with Crippen LogP contribution >= 0.6 is 0 Å². The number of anilines is 6. The molecule has 4 heteroatoms. The van der Waals surface area contributed by atoms with Gasteiger partial charge in [-0.2, -0.15) is 0 Å². The zero-order valence-electron chi connectivity index (χ0n) is 30.2. The number of hydrogen-bond donors (Lipinski definition) is 0. The van der Waals surface area contributed by atoms with E-state index in [1.54, 1.807) is 0 Å². The van der Waals surface area contributed by atoms with Crippen molar-refractivity contribution in [2.24, 2.45) is 0 Å². The fourth-order valence-electron chi connectivity index (χ4n) is 9.06. The van der Waals surface area contributed by atoms with E-state index in [4.69, 9.17) is 0 Å². The Balaban J connectivity index is 1.23. The summed E-state index contributed by atoms with van der Waals surface area (Å²) >= 11 is 0. The summed E-state index contributed by atoms with van der Waals surface area (Å²) in [5.74, 6) is 0. The predicted molar refractivity (Wildman–Crippen MR) is 230 cm³/mol. The van der Waals surface area contributed by atoms with E-state index < -0.39 is 0 Å². The SMILES string of the molecule is Cc1ccc(N2c3ccc(C)cc3B3c4cc5c6ccccc6n(-c6ccccc6)c5cc4N(c4ccc(-c5ccccc5)cc4)c4cccc2c43)cc1. The molecule has 0 radical (unpaired) electrons. The van der Waals surface area contributed by atoms with E-state index in [1.165, 1.54) is 88.9 Å². The Morgan fingerprint density at radius 2 is 0.963 bits per heavy atom. The van der Waals surface area contributed by atoms with Crippen molar-refractivity contribution < 1.29 is 0 Å². The third-order valence-corrected chi connectivity index (χ3v) is 11.5. The highest BCUT2D eigenvalue weighted by molar-refractivity contribution is 7.00. The van der Waals surface area contributed by atoms with Crippen LogP contribution in [-0.4, -0.2) is 11.3 Å². The van der Waals surface area contributed by atoms with Crippen molar-refractivity contribution in [1.29, 1.82) is 0 Å². The van der Waals surface area contributed by atoms with Gasteiger partial charge >= 0.3 is 0 Å². The molecule has 11 rings (SSSR count). The number of benzene rings is 8. The summed E-state index contributed by atoms with van der Waals surface area (Å²) in [6.45, 7) is 4.43. The lowest BCUT2D eigenvalue weighted by Gasteiger charge is -2.44. The molecule has 3 heterocycles. The molecule has 254 valence electrons. The Morgan fingerprint density at radius 3 is 1.70 bits per heavy atom. The van der Waals surface area contributed by atoms with Crippen molar-refractivity contribution in [3.63, 3.8) is 0 Å². The number of nitrogens with zero attached hydrogens (tertiary/aromatic N) is 3. The van der Waals surface area contributed by atoms with E-state index in [-0.39, 0.29) is 6.71 Å². The molecule has 0 saturated carbocycles. The number of hydrogen-bond acceptors (Lipinski definition) is 2. The maximum Gasteiger partial charge on any atom is 0.252 e. The summed E-state index contributed by atoms with van der Waals surface area (Å²) in [5.41, 5.74) is 19.7. The van der Waals surface area contributed by atoms with Crippen LogP contribution in [0.4, 0.5) is 34.1 Å². The molecule has 0 N–H and O–H groups in total. The molecular formula is C50H36BN3. The molecule has 2 aliphatic rings. The van der Waals surface area contributed by atoms with Crippen molar-refractivity contribution in [3.8, 4) is 16.8 Å².